The fourth-order valence-electron chi connectivity index (χ4n) is 3.20. The molecule has 2 aromatic rings. The first-order chi connectivity index (χ1) is 15.0. The lowest BCUT2D eigenvalue weighted by atomic mass is 9.95. The van der Waals surface area contributed by atoms with Crippen LogP contribution in [0.1, 0.15) is 35.2 Å². The van der Waals surface area contributed by atoms with Gasteiger partial charge in [-0.2, -0.15) is 0 Å². The molecule has 0 aliphatic rings. The molecule has 2 amide bonds. The molecule has 2 aromatic carbocycles. The van der Waals surface area contributed by atoms with Crippen LogP contribution < -0.4 is 20.3 Å². The Morgan fingerprint density at radius 1 is 1.00 bits per heavy atom. The van der Waals surface area contributed by atoms with Crippen LogP contribution in [0.25, 0.3) is 0 Å². The van der Waals surface area contributed by atoms with Crippen molar-refractivity contribution in [3.8, 4) is 11.5 Å². The minimum Gasteiger partial charge on any atom is -0.497 e. The van der Waals surface area contributed by atoms with E-state index in [4.69, 9.17) is 14.7 Å². The molecular formula is C23H28N2O6. The molecule has 0 aromatic heterocycles. The predicted octanol–water partition coefficient (Wildman–Crippen LogP) is 2.54. The third-order valence-corrected chi connectivity index (χ3v) is 4.88. The number of hydroxylamine groups is 1. The standard InChI is InChI=1S/C23H28N2O6/c1-30-19-11-16(12-20(14-19)31-2)7-6-10-18(13-22(27)25-29)23(28)24-15-21(26)17-8-4-3-5-9-17/h3-5,8-9,11-12,14,18,29H,6-7,10,13,15H2,1-2H3,(H,24,28)(H,25,27)/t18-/m1/s1. The maximum Gasteiger partial charge on any atom is 0.244 e. The van der Waals surface area contributed by atoms with E-state index in [0.29, 0.717) is 36.3 Å². The van der Waals surface area contributed by atoms with Crippen molar-refractivity contribution in [2.75, 3.05) is 20.8 Å². The summed E-state index contributed by atoms with van der Waals surface area (Å²) in [7, 11) is 3.15. The number of benzene rings is 2. The molecule has 0 radical (unpaired) electrons. The van der Waals surface area contributed by atoms with Crippen LogP contribution in [-0.2, 0) is 16.0 Å². The van der Waals surface area contributed by atoms with Gasteiger partial charge in [-0.15, -0.1) is 0 Å². The lowest BCUT2D eigenvalue weighted by molar-refractivity contribution is -0.134. The number of hydrogen-bond acceptors (Lipinski definition) is 6. The molecule has 0 heterocycles. The minimum absolute atomic E-state index is 0.160. The van der Waals surface area contributed by atoms with Gasteiger partial charge < -0.3 is 14.8 Å². The smallest absolute Gasteiger partial charge is 0.244 e. The number of Topliss-reactive ketones (excluding diaryl/α,β-unsaturated/α-hetero) is 1. The Morgan fingerprint density at radius 2 is 1.65 bits per heavy atom. The van der Waals surface area contributed by atoms with E-state index in [1.54, 1.807) is 56.1 Å². The van der Waals surface area contributed by atoms with Crippen molar-refractivity contribution in [3.63, 3.8) is 0 Å². The highest BCUT2D eigenvalue weighted by atomic mass is 16.5. The van der Waals surface area contributed by atoms with Crippen molar-refractivity contribution in [1.82, 2.24) is 10.8 Å². The van der Waals surface area contributed by atoms with Crippen LogP contribution in [0.15, 0.2) is 48.5 Å². The van der Waals surface area contributed by atoms with Crippen LogP contribution in [0.4, 0.5) is 0 Å². The van der Waals surface area contributed by atoms with E-state index in [-0.39, 0.29) is 18.7 Å². The number of rotatable bonds is 12. The zero-order chi connectivity index (χ0) is 22.6. The van der Waals surface area contributed by atoms with Crippen LogP contribution >= 0.6 is 0 Å². The Bertz CT molecular complexity index is 863. The van der Waals surface area contributed by atoms with Crippen LogP contribution in [-0.4, -0.2) is 43.6 Å². The van der Waals surface area contributed by atoms with E-state index in [1.807, 2.05) is 12.1 Å². The lowest BCUT2D eigenvalue weighted by Gasteiger charge is -2.16. The van der Waals surface area contributed by atoms with Gasteiger partial charge >= 0.3 is 0 Å². The molecule has 0 spiro atoms. The monoisotopic (exact) mass is 428 g/mol. The van der Waals surface area contributed by atoms with E-state index in [2.05, 4.69) is 5.32 Å². The van der Waals surface area contributed by atoms with Gasteiger partial charge in [0.2, 0.25) is 11.8 Å². The minimum atomic E-state index is -0.678. The number of ketones is 1. The summed E-state index contributed by atoms with van der Waals surface area (Å²) in [5, 5.41) is 11.4. The number of carbonyl (C=O) groups excluding carboxylic acids is 3. The molecule has 0 aliphatic heterocycles. The summed E-state index contributed by atoms with van der Waals surface area (Å²) < 4.78 is 10.5. The Kier molecular flexibility index (Phi) is 9.51. The Hall–Kier alpha value is -3.39. The molecule has 3 N–H and O–H groups in total. The zero-order valence-corrected chi connectivity index (χ0v) is 17.7. The highest BCUT2D eigenvalue weighted by Gasteiger charge is 2.22. The molecule has 8 nitrogen and oxygen atoms in total. The summed E-state index contributed by atoms with van der Waals surface area (Å²) in [6.45, 7) is -0.160. The van der Waals surface area contributed by atoms with Crippen molar-refractivity contribution in [2.24, 2.45) is 5.92 Å². The Morgan fingerprint density at radius 3 is 2.23 bits per heavy atom. The zero-order valence-electron chi connectivity index (χ0n) is 17.7. The summed E-state index contributed by atoms with van der Waals surface area (Å²) in [6, 6.07) is 14.2. The third-order valence-electron chi connectivity index (χ3n) is 4.88. The van der Waals surface area contributed by atoms with Gasteiger partial charge in [0.15, 0.2) is 5.78 Å². The normalized spacial score (nSPS) is 11.3. The van der Waals surface area contributed by atoms with Crippen molar-refractivity contribution in [1.29, 1.82) is 0 Å². The molecule has 0 fully saturated rings. The summed E-state index contributed by atoms with van der Waals surface area (Å²) in [5.41, 5.74) is 3.03. The van der Waals surface area contributed by atoms with Crippen LogP contribution in [0.3, 0.4) is 0 Å². The maximum atomic E-state index is 12.6. The SMILES string of the molecule is COc1cc(CCC[C@H](CC(=O)NO)C(=O)NCC(=O)c2ccccc2)cc(OC)c1. The van der Waals surface area contributed by atoms with Crippen LogP contribution in [0.5, 0.6) is 11.5 Å². The maximum absolute atomic E-state index is 12.6. The number of ether oxygens (including phenoxy) is 2. The molecule has 166 valence electrons. The number of aryl methyl sites for hydroxylation is 1. The number of nitrogens with one attached hydrogen (secondary N) is 2. The summed E-state index contributed by atoms with van der Waals surface area (Å²) in [5.74, 6) is -0.620. The van der Waals surface area contributed by atoms with Gasteiger partial charge in [0.05, 0.1) is 20.8 Å². The molecule has 0 saturated heterocycles. The van der Waals surface area contributed by atoms with Gasteiger partial charge in [-0.1, -0.05) is 30.3 Å². The third kappa shape index (κ3) is 7.75. The van der Waals surface area contributed by atoms with E-state index in [0.717, 1.165) is 5.56 Å². The summed E-state index contributed by atoms with van der Waals surface area (Å²) >= 11 is 0. The molecule has 0 saturated carbocycles. The molecule has 8 heteroatoms. The largest absolute Gasteiger partial charge is 0.497 e. The van der Waals surface area contributed by atoms with Crippen molar-refractivity contribution in [2.45, 2.75) is 25.7 Å². The van der Waals surface area contributed by atoms with Crippen molar-refractivity contribution in [3.05, 3.63) is 59.7 Å². The molecule has 1 atom stereocenters. The van der Waals surface area contributed by atoms with Crippen molar-refractivity contribution < 1.29 is 29.1 Å². The summed E-state index contributed by atoms with van der Waals surface area (Å²) in [6.07, 6.45) is 1.47. The quantitative estimate of drug-likeness (QED) is 0.272. The number of amides is 2. The number of carbonyl (C=O) groups is 3. The van der Waals surface area contributed by atoms with Crippen LogP contribution in [0.2, 0.25) is 0 Å². The first kappa shape index (κ1) is 23.9. The Balaban J connectivity index is 1.95. The van der Waals surface area contributed by atoms with E-state index in [9.17, 15) is 14.4 Å². The van der Waals surface area contributed by atoms with Gasteiger partial charge in [-0.05, 0) is 37.0 Å². The first-order valence-electron chi connectivity index (χ1n) is 9.97. The van der Waals surface area contributed by atoms with E-state index < -0.39 is 17.7 Å². The Labute approximate surface area is 181 Å². The van der Waals surface area contributed by atoms with Crippen LogP contribution in [0, 0.1) is 5.92 Å². The van der Waals surface area contributed by atoms with Gasteiger partial charge in [-0.25, -0.2) is 5.48 Å². The lowest BCUT2D eigenvalue weighted by Crippen LogP contribution is -2.37. The first-order valence-corrected chi connectivity index (χ1v) is 9.97. The molecule has 2 rings (SSSR count). The second-order valence-corrected chi connectivity index (χ2v) is 7.06. The molecular weight excluding hydrogens is 400 g/mol. The van der Waals surface area contributed by atoms with E-state index >= 15 is 0 Å². The topological polar surface area (TPSA) is 114 Å². The second-order valence-electron chi connectivity index (χ2n) is 7.06. The van der Waals surface area contributed by atoms with Gasteiger partial charge in [0.25, 0.3) is 0 Å². The highest BCUT2D eigenvalue weighted by molar-refractivity contribution is 5.99. The molecule has 31 heavy (non-hydrogen) atoms. The van der Waals surface area contributed by atoms with E-state index in [1.165, 1.54) is 0 Å². The molecule has 0 unspecified atom stereocenters. The van der Waals surface area contributed by atoms with Gasteiger partial charge in [0, 0.05) is 24.0 Å². The highest BCUT2D eigenvalue weighted by Crippen LogP contribution is 2.24. The predicted molar refractivity (Wildman–Crippen MR) is 114 cm³/mol. The van der Waals surface area contributed by atoms with Crippen molar-refractivity contribution >= 4 is 17.6 Å². The summed E-state index contributed by atoms with van der Waals surface area (Å²) in [4.78, 5) is 36.5. The molecule has 0 bridgehead atoms. The van der Waals surface area contributed by atoms with Gasteiger partial charge in [-0.3, -0.25) is 19.6 Å². The number of hydrogen-bond donors (Lipinski definition) is 3. The molecule has 0 aliphatic carbocycles. The number of methoxy groups -OCH3 is 2. The average Bonchev–Trinajstić information content (AvgIpc) is 2.81. The fraction of sp³-hybridized carbons (Fsp3) is 0.348. The van der Waals surface area contributed by atoms with Gasteiger partial charge in [0.1, 0.15) is 11.5 Å². The average molecular weight is 428 g/mol. The second kappa shape index (κ2) is 12.3. The fourth-order valence-corrected chi connectivity index (χ4v) is 3.20.